The van der Waals surface area contributed by atoms with Crippen LogP contribution >= 0.6 is 0 Å². The summed E-state index contributed by atoms with van der Waals surface area (Å²) in [7, 11) is -2.06. The Hall–Kier alpha value is -0.820. The summed E-state index contributed by atoms with van der Waals surface area (Å²) in [5.41, 5.74) is 0. The number of carbonyl (C=O) groups excluding carboxylic acids is 1. The van der Waals surface area contributed by atoms with Gasteiger partial charge in [0, 0.05) is 7.05 Å². The molecule has 0 aromatic rings. The second-order valence-electron chi connectivity index (χ2n) is 1.28. The lowest BCUT2D eigenvalue weighted by Crippen LogP contribution is -2.40. The average molecular weight is 152 g/mol. The van der Waals surface area contributed by atoms with Crippen molar-refractivity contribution in [3.8, 4) is 0 Å². The predicted molar refractivity (Wildman–Crippen MR) is 32.6 cm³/mol. The lowest BCUT2D eigenvalue weighted by molar-refractivity contribution is 0.248. The normalized spacial score (nSPS) is 15.8. The van der Waals surface area contributed by atoms with Gasteiger partial charge in [-0.1, -0.05) is 0 Å². The van der Waals surface area contributed by atoms with E-state index in [2.05, 4.69) is 10.5 Å². The van der Waals surface area contributed by atoms with Crippen molar-refractivity contribution < 1.29 is 9.00 Å². The second kappa shape index (κ2) is 2.65. The number of urea groups is 1. The molecule has 0 bridgehead atoms. The first-order valence-electron chi connectivity index (χ1n) is 2.01. The van der Waals surface area contributed by atoms with Gasteiger partial charge < -0.3 is 5.32 Å². The molecule has 2 amide bonds. The largest absolute Gasteiger partial charge is 0.340 e. The molecular weight excluding hydrogens is 144 g/mol. The maximum Gasteiger partial charge on any atom is 0.327 e. The van der Waals surface area contributed by atoms with Crippen molar-refractivity contribution in [1.29, 1.82) is 4.78 Å². The van der Waals surface area contributed by atoms with E-state index in [1.54, 1.807) is 4.72 Å². The van der Waals surface area contributed by atoms with Crippen molar-refractivity contribution in [1.82, 2.24) is 10.0 Å². The highest BCUT2D eigenvalue weighted by Crippen LogP contribution is 1.67. The molecular formula is C2H8N4O2S. The molecule has 0 aromatic carbocycles. The maximum absolute atomic E-state index is 10.2. The molecule has 0 aliphatic heterocycles. The number of amides is 2. The molecule has 0 aromatic heterocycles. The maximum atomic E-state index is 10.2. The van der Waals surface area contributed by atoms with E-state index >= 15 is 0 Å². The van der Waals surface area contributed by atoms with Crippen LogP contribution in [0.25, 0.3) is 0 Å². The van der Waals surface area contributed by atoms with Gasteiger partial charge >= 0.3 is 6.03 Å². The Bertz CT molecular complexity index is 195. The van der Waals surface area contributed by atoms with Gasteiger partial charge in [0.05, 0.1) is 0 Å². The van der Waals surface area contributed by atoms with Crippen molar-refractivity contribution in [2.45, 2.75) is 0 Å². The average Bonchev–Trinajstić information content (AvgIpc) is 1.62. The molecule has 7 heteroatoms. The highest BCUT2D eigenvalue weighted by atomic mass is 32.2. The van der Waals surface area contributed by atoms with Gasteiger partial charge in [0.1, 0.15) is 0 Å². The van der Waals surface area contributed by atoms with Crippen molar-refractivity contribution in [3.63, 3.8) is 0 Å². The molecule has 0 rings (SSSR count). The smallest absolute Gasteiger partial charge is 0.327 e. The molecule has 9 heavy (non-hydrogen) atoms. The highest BCUT2D eigenvalue weighted by Gasteiger charge is 2.00. The van der Waals surface area contributed by atoms with Gasteiger partial charge in [-0.05, 0) is 0 Å². The fraction of sp³-hybridized carbons (Fsp3) is 0.500. The molecule has 0 saturated heterocycles. The van der Waals surface area contributed by atoms with Gasteiger partial charge in [-0.2, -0.15) is 0 Å². The molecule has 5 N–H and O–H groups in total. The summed E-state index contributed by atoms with van der Waals surface area (Å²) in [4.78, 5) is 10.2. The van der Waals surface area contributed by atoms with Gasteiger partial charge in [0.15, 0.2) is 10.1 Å². The van der Waals surface area contributed by atoms with Gasteiger partial charge in [0.25, 0.3) is 0 Å². The van der Waals surface area contributed by atoms with Crippen LogP contribution in [-0.4, -0.2) is 17.3 Å². The molecule has 0 fully saturated rings. The van der Waals surface area contributed by atoms with Crippen LogP contribution in [-0.2, 0) is 10.1 Å². The van der Waals surface area contributed by atoms with Gasteiger partial charge in [-0.25, -0.2) is 23.6 Å². The van der Waals surface area contributed by atoms with E-state index in [0.29, 0.717) is 0 Å². The zero-order chi connectivity index (χ0) is 7.49. The Labute approximate surface area is 53.0 Å². The molecule has 54 valence electrons. The molecule has 0 saturated carbocycles. The van der Waals surface area contributed by atoms with Crippen LogP contribution in [0.4, 0.5) is 4.79 Å². The summed E-state index contributed by atoms with van der Waals surface area (Å²) in [6.45, 7) is 0. The lowest BCUT2D eigenvalue weighted by atomic mass is 11.0. The minimum Gasteiger partial charge on any atom is -0.340 e. The third kappa shape index (κ3) is 5.04. The van der Waals surface area contributed by atoms with Crippen LogP contribution in [0.15, 0.2) is 0 Å². The Morgan fingerprint density at radius 1 is 1.78 bits per heavy atom. The van der Waals surface area contributed by atoms with Crippen LogP contribution in [0.2, 0.25) is 0 Å². The van der Waals surface area contributed by atoms with Crippen LogP contribution < -0.4 is 15.2 Å². The minimum absolute atomic E-state index is 0.725. The van der Waals surface area contributed by atoms with Crippen LogP contribution in [0.5, 0.6) is 0 Å². The zero-order valence-corrected chi connectivity index (χ0v) is 5.62. The first-order chi connectivity index (χ1) is 3.95. The minimum atomic E-state index is -3.40. The summed E-state index contributed by atoms with van der Waals surface area (Å²) in [5.74, 6) is 0. The second-order valence-corrected chi connectivity index (χ2v) is 2.69. The summed E-state index contributed by atoms with van der Waals surface area (Å²) in [6.07, 6.45) is 0. The summed E-state index contributed by atoms with van der Waals surface area (Å²) < 4.78 is 18.4. The Morgan fingerprint density at radius 2 is 2.22 bits per heavy atom. The van der Waals surface area contributed by atoms with E-state index in [9.17, 15) is 9.00 Å². The van der Waals surface area contributed by atoms with Crippen molar-refractivity contribution >= 4 is 16.1 Å². The zero-order valence-electron chi connectivity index (χ0n) is 4.80. The van der Waals surface area contributed by atoms with Crippen LogP contribution in [0.1, 0.15) is 0 Å². The fourth-order valence-electron chi connectivity index (χ4n) is 0.189. The topological polar surface area (TPSA) is 108 Å². The third-order valence-corrected chi connectivity index (χ3v) is 0.960. The first kappa shape index (κ1) is 8.18. The van der Waals surface area contributed by atoms with E-state index < -0.39 is 16.1 Å². The molecule has 1 atom stereocenters. The molecule has 1 unspecified atom stereocenters. The molecule has 0 aliphatic carbocycles. The molecule has 0 heterocycles. The number of nitrogens with two attached hydrogens (primary N) is 1. The summed E-state index contributed by atoms with van der Waals surface area (Å²) in [5, 5.41) is 6.73. The van der Waals surface area contributed by atoms with Crippen LogP contribution in [0, 0.1) is 4.78 Å². The monoisotopic (exact) mass is 152 g/mol. The number of hydrogen-bond acceptors (Lipinski definition) is 3. The summed E-state index contributed by atoms with van der Waals surface area (Å²) in [6, 6.07) is -0.725. The number of nitrogens with one attached hydrogen (secondary N) is 3. The SMILES string of the molecule is CNC(=O)NS(=N)(N)=O. The Kier molecular flexibility index (Phi) is 2.41. The van der Waals surface area contributed by atoms with Crippen molar-refractivity contribution in [2.75, 3.05) is 7.05 Å². The quantitative estimate of drug-likeness (QED) is 0.376. The van der Waals surface area contributed by atoms with Gasteiger partial charge in [-0.15, -0.1) is 0 Å². The lowest BCUT2D eigenvalue weighted by Gasteiger charge is -2.00. The first-order valence-corrected chi connectivity index (χ1v) is 3.64. The number of hydrogen-bond donors (Lipinski definition) is 4. The molecule has 6 nitrogen and oxygen atoms in total. The van der Waals surface area contributed by atoms with Crippen LogP contribution in [0.3, 0.4) is 0 Å². The van der Waals surface area contributed by atoms with E-state index in [1.807, 2.05) is 0 Å². The summed E-state index contributed by atoms with van der Waals surface area (Å²) >= 11 is 0. The van der Waals surface area contributed by atoms with E-state index in [4.69, 9.17) is 4.78 Å². The van der Waals surface area contributed by atoms with Crippen molar-refractivity contribution in [2.24, 2.45) is 5.14 Å². The number of carbonyl (C=O) groups is 1. The Balaban J connectivity index is 3.91. The highest BCUT2D eigenvalue weighted by molar-refractivity contribution is 7.88. The molecule has 0 spiro atoms. The van der Waals surface area contributed by atoms with Gasteiger partial charge in [-0.3, -0.25) is 0 Å². The molecule has 0 aliphatic rings. The van der Waals surface area contributed by atoms with E-state index in [1.165, 1.54) is 7.05 Å². The van der Waals surface area contributed by atoms with Gasteiger partial charge in [0.2, 0.25) is 0 Å². The van der Waals surface area contributed by atoms with E-state index in [0.717, 1.165) is 0 Å². The number of rotatable bonds is 1. The fourth-order valence-corrected chi connectivity index (χ4v) is 0.566. The predicted octanol–water partition coefficient (Wildman–Crippen LogP) is -1.25. The van der Waals surface area contributed by atoms with Crippen molar-refractivity contribution in [3.05, 3.63) is 0 Å². The molecule has 0 radical (unpaired) electrons. The van der Waals surface area contributed by atoms with E-state index in [-0.39, 0.29) is 0 Å². The Morgan fingerprint density at radius 3 is 2.33 bits per heavy atom. The standard InChI is InChI=1S/C2H8N4O2S/c1-5-2(7)6-9(3,4)8/h1H3,(H5,3,4,5,6,7,8). The third-order valence-electron chi connectivity index (χ3n) is 0.471.